The Kier molecular flexibility index (Phi) is 4.60. The molecule has 1 N–H and O–H groups in total. The maximum absolute atomic E-state index is 10.9. The summed E-state index contributed by atoms with van der Waals surface area (Å²) in [7, 11) is 1.72. The summed E-state index contributed by atoms with van der Waals surface area (Å²) in [5.74, 6) is 1.50. The second-order valence-electron chi connectivity index (χ2n) is 5.89. The van der Waals surface area contributed by atoms with Crippen molar-refractivity contribution < 1.29 is 4.92 Å². The predicted octanol–water partition coefficient (Wildman–Crippen LogP) is 3.11. The van der Waals surface area contributed by atoms with Crippen molar-refractivity contribution in [2.45, 2.75) is 26.8 Å². The molecular formula is C15H23N3O2. The molecule has 20 heavy (non-hydrogen) atoms. The minimum absolute atomic E-state index is 0.137. The normalized spacial score (nSPS) is 19.5. The van der Waals surface area contributed by atoms with Gasteiger partial charge in [-0.05, 0) is 36.4 Å². The zero-order valence-corrected chi connectivity index (χ0v) is 12.4. The summed E-state index contributed by atoms with van der Waals surface area (Å²) in [5, 5.41) is 13.8. The van der Waals surface area contributed by atoms with E-state index in [0.717, 1.165) is 37.0 Å². The predicted molar refractivity (Wildman–Crippen MR) is 80.9 cm³/mol. The van der Waals surface area contributed by atoms with Crippen molar-refractivity contribution in [3.05, 3.63) is 33.9 Å². The topological polar surface area (TPSA) is 58.4 Å². The van der Waals surface area contributed by atoms with Crippen molar-refractivity contribution in [1.82, 2.24) is 4.90 Å². The Balaban J connectivity index is 2.05. The lowest BCUT2D eigenvalue weighted by Crippen LogP contribution is -2.21. The van der Waals surface area contributed by atoms with Gasteiger partial charge in [0.05, 0.1) is 4.92 Å². The van der Waals surface area contributed by atoms with Crippen LogP contribution in [0.2, 0.25) is 0 Å². The highest BCUT2D eigenvalue weighted by molar-refractivity contribution is 5.62. The van der Waals surface area contributed by atoms with E-state index in [2.05, 4.69) is 24.1 Å². The summed E-state index contributed by atoms with van der Waals surface area (Å²) in [6.45, 7) is 7.67. The van der Waals surface area contributed by atoms with E-state index in [1.165, 1.54) is 6.42 Å². The fraction of sp³-hybridized carbons (Fsp3) is 0.600. The summed E-state index contributed by atoms with van der Waals surface area (Å²) in [4.78, 5) is 13.0. The van der Waals surface area contributed by atoms with Crippen molar-refractivity contribution >= 4 is 11.4 Å². The highest BCUT2D eigenvalue weighted by Gasteiger charge is 2.25. The van der Waals surface area contributed by atoms with Gasteiger partial charge in [0.2, 0.25) is 0 Å². The minimum atomic E-state index is -0.347. The summed E-state index contributed by atoms with van der Waals surface area (Å²) in [6.07, 6.45) is 1.25. The Morgan fingerprint density at radius 3 is 2.80 bits per heavy atom. The molecule has 110 valence electrons. The van der Waals surface area contributed by atoms with Crippen molar-refractivity contribution in [3.8, 4) is 0 Å². The molecule has 1 aromatic carbocycles. The van der Waals surface area contributed by atoms with Crippen LogP contribution in [0.25, 0.3) is 0 Å². The quantitative estimate of drug-likeness (QED) is 0.663. The molecule has 1 atom stereocenters. The smallest absolute Gasteiger partial charge is 0.292 e. The first-order chi connectivity index (χ1) is 9.51. The molecule has 1 heterocycles. The van der Waals surface area contributed by atoms with Crippen LogP contribution in [0.3, 0.4) is 0 Å². The van der Waals surface area contributed by atoms with E-state index in [0.29, 0.717) is 5.69 Å². The molecule has 1 aliphatic heterocycles. The molecule has 2 rings (SSSR count). The van der Waals surface area contributed by atoms with Gasteiger partial charge in [0, 0.05) is 26.2 Å². The van der Waals surface area contributed by atoms with Gasteiger partial charge in [-0.1, -0.05) is 19.9 Å². The van der Waals surface area contributed by atoms with Crippen LogP contribution in [0, 0.1) is 22.0 Å². The van der Waals surface area contributed by atoms with Crippen LogP contribution < -0.4 is 5.32 Å². The number of likely N-dealkylation sites (tertiary alicyclic amines) is 1. The van der Waals surface area contributed by atoms with E-state index in [4.69, 9.17) is 0 Å². The van der Waals surface area contributed by atoms with Crippen LogP contribution in [0.15, 0.2) is 18.2 Å². The molecule has 1 aliphatic rings. The van der Waals surface area contributed by atoms with Gasteiger partial charge in [-0.15, -0.1) is 0 Å². The maximum Gasteiger partial charge on any atom is 0.292 e. The number of hydrogen-bond donors (Lipinski definition) is 1. The molecule has 0 radical (unpaired) electrons. The number of nitrogens with one attached hydrogen (secondary N) is 1. The van der Waals surface area contributed by atoms with Gasteiger partial charge in [-0.3, -0.25) is 15.0 Å². The van der Waals surface area contributed by atoms with Gasteiger partial charge in [0.25, 0.3) is 5.69 Å². The number of anilines is 1. The first-order valence-corrected chi connectivity index (χ1v) is 7.18. The molecule has 0 bridgehead atoms. The highest BCUT2D eigenvalue weighted by Crippen LogP contribution is 2.28. The maximum atomic E-state index is 10.9. The Morgan fingerprint density at radius 1 is 1.50 bits per heavy atom. The average Bonchev–Trinajstić information content (AvgIpc) is 2.87. The summed E-state index contributed by atoms with van der Waals surface area (Å²) >= 11 is 0. The monoisotopic (exact) mass is 277 g/mol. The van der Waals surface area contributed by atoms with Gasteiger partial charge in [-0.25, -0.2) is 0 Å². The molecule has 0 saturated carbocycles. The Labute approximate surface area is 120 Å². The molecule has 0 spiro atoms. The molecule has 0 amide bonds. The number of hydrogen-bond acceptors (Lipinski definition) is 4. The zero-order valence-electron chi connectivity index (χ0n) is 12.4. The third-order valence-electron chi connectivity index (χ3n) is 4.18. The Bertz CT molecular complexity index is 488. The average molecular weight is 277 g/mol. The number of rotatable bonds is 5. The lowest BCUT2D eigenvalue weighted by molar-refractivity contribution is -0.384. The van der Waals surface area contributed by atoms with Gasteiger partial charge >= 0.3 is 0 Å². The van der Waals surface area contributed by atoms with Crippen LogP contribution in [0.5, 0.6) is 0 Å². The molecule has 1 fully saturated rings. The van der Waals surface area contributed by atoms with E-state index in [-0.39, 0.29) is 10.6 Å². The van der Waals surface area contributed by atoms with Crippen LogP contribution in [-0.2, 0) is 6.54 Å². The summed E-state index contributed by atoms with van der Waals surface area (Å²) < 4.78 is 0. The van der Waals surface area contributed by atoms with Gasteiger partial charge < -0.3 is 5.32 Å². The zero-order chi connectivity index (χ0) is 14.7. The van der Waals surface area contributed by atoms with E-state index in [9.17, 15) is 10.1 Å². The molecule has 0 aliphatic carbocycles. The van der Waals surface area contributed by atoms with E-state index >= 15 is 0 Å². The van der Waals surface area contributed by atoms with Gasteiger partial charge in [0.15, 0.2) is 0 Å². The lowest BCUT2D eigenvalue weighted by Gasteiger charge is -2.18. The van der Waals surface area contributed by atoms with Crippen LogP contribution >= 0.6 is 0 Å². The molecule has 5 heteroatoms. The minimum Gasteiger partial charge on any atom is -0.383 e. The highest BCUT2D eigenvalue weighted by atomic mass is 16.6. The van der Waals surface area contributed by atoms with Crippen LogP contribution in [0.4, 0.5) is 11.4 Å². The first-order valence-electron chi connectivity index (χ1n) is 7.18. The van der Waals surface area contributed by atoms with Crippen molar-refractivity contribution in [2.24, 2.45) is 11.8 Å². The third kappa shape index (κ3) is 3.28. The number of benzene rings is 1. The fourth-order valence-corrected chi connectivity index (χ4v) is 2.85. The second-order valence-corrected chi connectivity index (χ2v) is 5.89. The molecule has 1 saturated heterocycles. The standard InChI is InChI=1S/C15H23N3O2/c1-11(2)13-6-7-17(10-13)9-12-4-5-15(18(19)20)14(8-12)16-3/h4-5,8,11,13,16H,6-7,9-10H2,1-3H3. The van der Waals surface area contributed by atoms with Crippen LogP contribution in [-0.4, -0.2) is 30.0 Å². The van der Waals surface area contributed by atoms with Crippen molar-refractivity contribution in [1.29, 1.82) is 0 Å². The number of nitrogens with zero attached hydrogens (tertiary/aromatic N) is 2. The molecule has 1 aromatic rings. The van der Waals surface area contributed by atoms with E-state index in [1.54, 1.807) is 13.1 Å². The number of nitro groups is 1. The van der Waals surface area contributed by atoms with E-state index < -0.39 is 0 Å². The summed E-state index contributed by atoms with van der Waals surface area (Å²) in [6, 6.07) is 5.35. The fourth-order valence-electron chi connectivity index (χ4n) is 2.85. The molecule has 0 aromatic heterocycles. The Morgan fingerprint density at radius 2 is 2.25 bits per heavy atom. The molecular weight excluding hydrogens is 254 g/mol. The van der Waals surface area contributed by atoms with E-state index in [1.807, 2.05) is 12.1 Å². The largest absolute Gasteiger partial charge is 0.383 e. The molecule has 5 nitrogen and oxygen atoms in total. The third-order valence-corrected chi connectivity index (χ3v) is 4.18. The second kappa shape index (κ2) is 6.22. The van der Waals surface area contributed by atoms with Crippen LogP contribution in [0.1, 0.15) is 25.8 Å². The molecule has 1 unspecified atom stereocenters. The van der Waals surface area contributed by atoms with Crippen molar-refractivity contribution in [3.63, 3.8) is 0 Å². The SMILES string of the molecule is CNc1cc(CN2CCC(C(C)C)C2)ccc1[N+](=O)[O-]. The van der Waals surface area contributed by atoms with Crippen molar-refractivity contribution in [2.75, 3.05) is 25.5 Å². The summed E-state index contributed by atoms with van der Waals surface area (Å²) in [5.41, 5.74) is 1.86. The van der Waals surface area contributed by atoms with Gasteiger partial charge in [0.1, 0.15) is 5.69 Å². The number of nitro benzene ring substituents is 1. The Hall–Kier alpha value is -1.62. The van der Waals surface area contributed by atoms with Gasteiger partial charge in [-0.2, -0.15) is 0 Å². The lowest BCUT2D eigenvalue weighted by atomic mass is 9.95. The first kappa shape index (κ1) is 14.8.